The molecule has 0 radical (unpaired) electrons. The van der Waals surface area contributed by atoms with Crippen molar-refractivity contribution in [3.8, 4) is 0 Å². The monoisotopic (exact) mass is 201 g/mol. The lowest BCUT2D eigenvalue weighted by Crippen LogP contribution is -2.26. The van der Waals surface area contributed by atoms with Gasteiger partial charge in [0.05, 0.1) is 0 Å². The smallest absolute Gasteiger partial charge is 0.223 e. The maximum atomic E-state index is 11.4. The molecule has 0 aromatic carbocycles. The van der Waals surface area contributed by atoms with Gasteiger partial charge in [0.25, 0.3) is 0 Å². The van der Waals surface area contributed by atoms with Gasteiger partial charge in [-0.25, -0.2) is 0 Å². The molecule has 1 aliphatic heterocycles. The minimum absolute atomic E-state index is 0.108. The van der Waals surface area contributed by atoms with E-state index in [4.69, 9.17) is 0 Å². The van der Waals surface area contributed by atoms with Crippen molar-refractivity contribution in [2.45, 2.75) is 31.9 Å². The molecule has 0 bridgehead atoms. The molecule has 3 nitrogen and oxygen atoms in total. The van der Waals surface area contributed by atoms with Crippen LogP contribution in [0.1, 0.15) is 26.7 Å². The van der Waals surface area contributed by atoms with Crippen LogP contribution < -0.4 is 0 Å². The number of carbonyl (C=O) groups excluding carboxylic acids is 2. The van der Waals surface area contributed by atoms with Gasteiger partial charge in [0, 0.05) is 31.7 Å². The Hall–Kier alpha value is -0.510. The third-order valence-corrected chi connectivity index (χ3v) is 2.99. The molecule has 0 saturated carbocycles. The Morgan fingerprint density at radius 3 is 2.92 bits per heavy atom. The van der Waals surface area contributed by atoms with Gasteiger partial charge in [-0.1, -0.05) is 18.7 Å². The summed E-state index contributed by atoms with van der Waals surface area (Å²) in [5.41, 5.74) is 0. The van der Waals surface area contributed by atoms with E-state index in [1.165, 1.54) is 11.8 Å². The van der Waals surface area contributed by atoms with Gasteiger partial charge in [-0.05, 0) is 6.42 Å². The van der Waals surface area contributed by atoms with Crippen LogP contribution in [0.15, 0.2) is 0 Å². The molecule has 13 heavy (non-hydrogen) atoms. The maximum Gasteiger partial charge on any atom is 0.223 e. The number of hydrogen-bond donors (Lipinski definition) is 0. The summed E-state index contributed by atoms with van der Waals surface area (Å²) in [5.74, 6) is 0.195. The summed E-state index contributed by atoms with van der Waals surface area (Å²) >= 11 is 1.29. The standard InChI is InChI=1S/C9H15NO2S/c1-3-4-10-6-8(5-9(10)12)13-7(2)11/h8H,3-6H2,1-2H3. The average molecular weight is 201 g/mol. The molecule has 1 unspecified atom stereocenters. The highest BCUT2D eigenvalue weighted by atomic mass is 32.2. The van der Waals surface area contributed by atoms with Gasteiger partial charge < -0.3 is 4.90 Å². The van der Waals surface area contributed by atoms with Crippen molar-refractivity contribution in [1.82, 2.24) is 4.90 Å². The van der Waals surface area contributed by atoms with Gasteiger partial charge in [0.15, 0.2) is 5.12 Å². The molecule has 1 fully saturated rings. The van der Waals surface area contributed by atoms with Crippen LogP contribution in [0.25, 0.3) is 0 Å². The SMILES string of the molecule is CCCN1CC(SC(C)=O)CC1=O. The van der Waals surface area contributed by atoms with Gasteiger partial charge in [-0.15, -0.1) is 0 Å². The second-order valence-corrected chi connectivity index (χ2v) is 4.75. The molecule has 0 N–H and O–H groups in total. The van der Waals surface area contributed by atoms with E-state index in [0.29, 0.717) is 6.42 Å². The van der Waals surface area contributed by atoms with E-state index in [9.17, 15) is 9.59 Å². The van der Waals surface area contributed by atoms with Crippen molar-refractivity contribution in [3.63, 3.8) is 0 Å². The van der Waals surface area contributed by atoms with Crippen LogP contribution in [-0.4, -0.2) is 34.3 Å². The number of likely N-dealkylation sites (tertiary alicyclic amines) is 1. The lowest BCUT2D eigenvalue weighted by molar-refractivity contribution is -0.127. The highest BCUT2D eigenvalue weighted by Crippen LogP contribution is 2.23. The van der Waals surface area contributed by atoms with Crippen LogP contribution >= 0.6 is 11.8 Å². The highest BCUT2D eigenvalue weighted by Gasteiger charge is 2.29. The minimum Gasteiger partial charge on any atom is -0.342 e. The Morgan fingerprint density at radius 2 is 2.38 bits per heavy atom. The zero-order valence-corrected chi connectivity index (χ0v) is 8.89. The van der Waals surface area contributed by atoms with Crippen molar-refractivity contribution >= 4 is 22.8 Å². The number of hydrogen-bond acceptors (Lipinski definition) is 3. The van der Waals surface area contributed by atoms with E-state index in [2.05, 4.69) is 6.92 Å². The summed E-state index contributed by atoms with van der Waals surface area (Å²) in [4.78, 5) is 24.0. The summed E-state index contributed by atoms with van der Waals surface area (Å²) < 4.78 is 0. The van der Waals surface area contributed by atoms with E-state index >= 15 is 0 Å². The largest absolute Gasteiger partial charge is 0.342 e. The molecule has 4 heteroatoms. The molecular formula is C9H15NO2S. The number of amides is 1. The van der Waals surface area contributed by atoms with E-state index in [-0.39, 0.29) is 16.3 Å². The van der Waals surface area contributed by atoms with Gasteiger partial charge in [-0.2, -0.15) is 0 Å². The van der Waals surface area contributed by atoms with Crippen molar-refractivity contribution < 1.29 is 9.59 Å². The molecule has 1 aliphatic rings. The molecule has 0 aromatic rings. The van der Waals surface area contributed by atoms with Gasteiger partial charge in [0.2, 0.25) is 5.91 Å². The van der Waals surface area contributed by atoms with E-state index in [0.717, 1.165) is 19.5 Å². The Labute approximate surface area is 82.9 Å². The third kappa shape index (κ3) is 3.03. The van der Waals surface area contributed by atoms with Crippen LogP contribution in [0, 0.1) is 0 Å². The zero-order chi connectivity index (χ0) is 9.84. The maximum absolute atomic E-state index is 11.4. The molecule has 1 amide bonds. The Morgan fingerprint density at radius 1 is 1.69 bits per heavy atom. The van der Waals surface area contributed by atoms with E-state index < -0.39 is 0 Å². The van der Waals surface area contributed by atoms with Gasteiger partial charge >= 0.3 is 0 Å². The summed E-state index contributed by atoms with van der Waals surface area (Å²) in [7, 11) is 0. The van der Waals surface area contributed by atoms with E-state index in [1.54, 1.807) is 6.92 Å². The van der Waals surface area contributed by atoms with Crippen LogP contribution in [0.2, 0.25) is 0 Å². The second kappa shape index (κ2) is 4.65. The number of carbonyl (C=O) groups is 2. The number of thioether (sulfide) groups is 1. The first-order chi connectivity index (χ1) is 6.13. The lowest BCUT2D eigenvalue weighted by Gasteiger charge is -2.14. The molecule has 0 aromatic heterocycles. The fraction of sp³-hybridized carbons (Fsp3) is 0.778. The molecule has 1 heterocycles. The van der Waals surface area contributed by atoms with Crippen molar-refractivity contribution in [2.75, 3.05) is 13.1 Å². The third-order valence-electron chi connectivity index (χ3n) is 2.01. The highest BCUT2D eigenvalue weighted by molar-refractivity contribution is 8.14. The molecule has 0 spiro atoms. The van der Waals surface area contributed by atoms with Crippen LogP contribution in [0.4, 0.5) is 0 Å². The van der Waals surface area contributed by atoms with Crippen molar-refractivity contribution in [1.29, 1.82) is 0 Å². The Kier molecular flexibility index (Phi) is 3.78. The average Bonchev–Trinajstić information content (AvgIpc) is 2.31. The number of rotatable bonds is 3. The molecule has 74 valence electrons. The quantitative estimate of drug-likeness (QED) is 0.690. The fourth-order valence-corrected chi connectivity index (χ4v) is 2.49. The molecule has 0 aliphatic carbocycles. The minimum atomic E-state index is 0.108. The summed E-state index contributed by atoms with van der Waals surface area (Å²) in [5, 5.41) is 0.299. The van der Waals surface area contributed by atoms with Crippen molar-refractivity contribution in [2.24, 2.45) is 0 Å². The van der Waals surface area contributed by atoms with Crippen LogP contribution in [-0.2, 0) is 9.59 Å². The molecule has 1 rings (SSSR count). The summed E-state index contributed by atoms with van der Waals surface area (Å²) in [6, 6.07) is 0. The Bertz CT molecular complexity index is 218. The van der Waals surface area contributed by atoms with Crippen molar-refractivity contribution in [3.05, 3.63) is 0 Å². The molecule has 1 atom stereocenters. The lowest BCUT2D eigenvalue weighted by atomic mass is 10.4. The van der Waals surface area contributed by atoms with E-state index in [1.807, 2.05) is 4.90 Å². The molecule has 1 saturated heterocycles. The molecular weight excluding hydrogens is 186 g/mol. The first-order valence-corrected chi connectivity index (χ1v) is 5.46. The topological polar surface area (TPSA) is 37.4 Å². The van der Waals surface area contributed by atoms with Crippen LogP contribution in [0.3, 0.4) is 0 Å². The fourth-order valence-electron chi connectivity index (χ4n) is 1.54. The normalized spacial score (nSPS) is 22.5. The van der Waals surface area contributed by atoms with Gasteiger partial charge in [-0.3, -0.25) is 9.59 Å². The number of nitrogens with zero attached hydrogens (tertiary/aromatic N) is 1. The first-order valence-electron chi connectivity index (χ1n) is 4.58. The van der Waals surface area contributed by atoms with Gasteiger partial charge in [0.1, 0.15) is 0 Å². The summed E-state index contributed by atoms with van der Waals surface area (Å²) in [6.45, 7) is 5.18. The summed E-state index contributed by atoms with van der Waals surface area (Å²) in [6.07, 6.45) is 1.52. The second-order valence-electron chi connectivity index (χ2n) is 3.28. The Balaban J connectivity index is 2.40. The predicted molar refractivity (Wildman–Crippen MR) is 53.5 cm³/mol. The first kappa shape index (κ1) is 10.6. The predicted octanol–water partition coefficient (Wildman–Crippen LogP) is 1.28. The zero-order valence-electron chi connectivity index (χ0n) is 8.08. The van der Waals surface area contributed by atoms with Crippen LogP contribution in [0.5, 0.6) is 0 Å².